The molecule has 1 fully saturated rings. The molecule has 2 heterocycles. The van der Waals surface area contributed by atoms with Crippen LogP contribution in [0, 0.1) is 5.82 Å². The lowest BCUT2D eigenvalue weighted by molar-refractivity contribution is -0.117. The van der Waals surface area contributed by atoms with Gasteiger partial charge < -0.3 is 23.6 Å². The molecule has 3 aromatic rings. The number of carbonyl (C=O) groups excluding carboxylic acids is 1. The molecule has 1 aliphatic rings. The van der Waals surface area contributed by atoms with E-state index in [2.05, 4.69) is 10.1 Å². The first-order valence-corrected chi connectivity index (χ1v) is 9.24. The fourth-order valence-corrected chi connectivity index (χ4v) is 3.44. The van der Waals surface area contributed by atoms with Gasteiger partial charge in [0.1, 0.15) is 11.5 Å². The minimum absolute atomic E-state index is 0.0845. The van der Waals surface area contributed by atoms with Gasteiger partial charge in [0.05, 0.1) is 32.9 Å². The second-order valence-electron chi connectivity index (χ2n) is 6.75. The zero-order chi connectivity index (χ0) is 21.3. The van der Waals surface area contributed by atoms with E-state index in [1.165, 1.54) is 26.4 Å². The third kappa shape index (κ3) is 3.54. The Kier molecular flexibility index (Phi) is 5.26. The Balaban J connectivity index is 1.56. The van der Waals surface area contributed by atoms with Crippen molar-refractivity contribution in [2.24, 2.45) is 0 Å². The molecule has 8 nitrogen and oxygen atoms in total. The predicted octanol–water partition coefficient (Wildman–Crippen LogP) is 3.42. The monoisotopic (exact) mass is 413 g/mol. The van der Waals surface area contributed by atoms with Crippen molar-refractivity contribution in [2.45, 2.75) is 12.3 Å². The van der Waals surface area contributed by atoms with Crippen LogP contribution in [-0.2, 0) is 4.79 Å². The lowest BCUT2D eigenvalue weighted by Crippen LogP contribution is -2.24. The van der Waals surface area contributed by atoms with Crippen LogP contribution < -0.4 is 19.1 Å². The fourth-order valence-electron chi connectivity index (χ4n) is 3.44. The lowest BCUT2D eigenvalue weighted by atomic mass is 10.1. The van der Waals surface area contributed by atoms with Gasteiger partial charge in [0.2, 0.25) is 17.6 Å². The first kappa shape index (κ1) is 19.7. The maximum Gasteiger partial charge on any atom is 0.232 e. The smallest absolute Gasteiger partial charge is 0.232 e. The quantitative estimate of drug-likeness (QED) is 0.612. The Morgan fingerprint density at radius 3 is 2.57 bits per heavy atom. The standard InChI is InChI=1S/C21H20FN3O5/c1-27-14-5-6-16(18(10-14)29-3)25-11-13(9-19(25)26)21-23-20(24-30-21)12-4-7-17(28-2)15(22)8-12/h4-8,10,13H,9,11H2,1-3H3. The van der Waals surface area contributed by atoms with E-state index in [0.29, 0.717) is 35.2 Å². The summed E-state index contributed by atoms with van der Waals surface area (Å²) in [6, 6.07) is 9.68. The van der Waals surface area contributed by atoms with Crippen LogP contribution in [0.15, 0.2) is 40.9 Å². The predicted molar refractivity (Wildman–Crippen MR) is 106 cm³/mol. The molecule has 1 saturated heterocycles. The first-order chi connectivity index (χ1) is 14.5. The van der Waals surface area contributed by atoms with Gasteiger partial charge in [-0.3, -0.25) is 4.79 Å². The van der Waals surface area contributed by atoms with Crippen LogP contribution in [0.5, 0.6) is 17.2 Å². The summed E-state index contributed by atoms with van der Waals surface area (Å²) in [4.78, 5) is 18.7. The second kappa shape index (κ2) is 8.02. The molecule has 9 heteroatoms. The largest absolute Gasteiger partial charge is 0.497 e. The van der Waals surface area contributed by atoms with Crippen LogP contribution in [0.2, 0.25) is 0 Å². The zero-order valence-corrected chi connectivity index (χ0v) is 16.7. The van der Waals surface area contributed by atoms with Crippen LogP contribution in [0.3, 0.4) is 0 Å². The van der Waals surface area contributed by atoms with Crippen molar-refractivity contribution in [1.82, 2.24) is 10.1 Å². The van der Waals surface area contributed by atoms with Gasteiger partial charge in [0.25, 0.3) is 0 Å². The first-order valence-electron chi connectivity index (χ1n) is 9.24. The molecule has 1 amide bonds. The Morgan fingerprint density at radius 1 is 1.07 bits per heavy atom. The van der Waals surface area contributed by atoms with E-state index in [4.69, 9.17) is 18.7 Å². The van der Waals surface area contributed by atoms with Crippen molar-refractivity contribution in [3.05, 3.63) is 48.1 Å². The summed E-state index contributed by atoms with van der Waals surface area (Å²) in [5.74, 6) is 0.981. The normalized spacial score (nSPS) is 16.1. The van der Waals surface area contributed by atoms with Crippen molar-refractivity contribution in [1.29, 1.82) is 0 Å². The Bertz CT molecular complexity index is 1080. The average Bonchev–Trinajstić information content (AvgIpc) is 3.40. The number of ether oxygens (including phenoxy) is 3. The van der Waals surface area contributed by atoms with Crippen molar-refractivity contribution in [2.75, 3.05) is 32.8 Å². The highest BCUT2D eigenvalue weighted by Gasteiger charge is 2.36. The van der Waals surface area contributed by atoms with E-state index in [0.717, 1.165) is 0 Å². The summed E-state index contributed by atoms with van der Waals surface area (Å²) >= 11 is 0. The van der Waals surface area contributed by atoms with Gasteiger partial charge in [-0.15, -0.1) is 0 Å². The molecule has 0 saturated carbocycles. The summed E-state index contributed by atoms with van der Waals surface area (Å²) in [6.07, 6.45) is 0.216. The number of hydrogen-bond acceptors (Lipinski definition) is 7. The number of hydrogen-bond donors (Lipinski definition) is 0. The number of amides is 1. The van der Waals surface area contributed by atoms with Crippen molar-refractivity contribution in [3.8, 4) is 28.6 Å². The Hall–Kier alpha value is -3.62. The van der Waals surface area contributed by atoms with Crippen molar-refractivity contribution in [3.63, 3.8) is 0 Å². The minimum Gasteiger partial charge on any atom is -0.497 e. The van der Waals surface area contributed by atoms with Crippen LogP contribution in [0.1, 0.15) is 18.2 Å². The molecule has 0 N–H and O–H groups in total. The van der Waals surface area contributed by atoms with E-state index in [1.54, 1.807) is 36.3 Å². The minimum atomic E-state index is -0.518. The highest BCUT2D eigenvalue weighted by molar-refractivity contribution is 5.97. The van der Waals surface area contributed by atoms with E-state index in [9.17, 15) is 9.18 Å². The molecule has 4 rings (SSSR count). The van der Waals surface area contributed by atoms with Crippen LogP contribution in [0.4, 0.5) is 10.1 Å². The maximum atomic E-state index is 14.0. The second-order valence-corrected chi connectivity index (χ2v) is 6.75. The number of aromatic nitrogens is 2. The van der Waals surface area contributed by atoms with Crippen molar-refractivity contribution < 1.29 is 27.9 Å². The molecule has 1 aromatic heterocycles. The van der Waals surface area contributed by atoms with E-state index < -0.39 is 5.82 Å². The van der Waals surface area contributed by atoms with Gasteiger partial charge in [0, 0.05) is 24.6 Å². The summed E-state index contributed by atoms with van der Waals surface area (Å²) in [5, 5.41) is 3.94. The number of carbonyl (C=O) groups is 1. The molecule has 0 bridgehead atoms. The van der Waals surface area contributed by atoms with Crippen LogP contribution >= 0.6 is 0 Å². The highest BCUT2D eigenvalue weighted by Crippen LogP contribution is 2.38. The molecular weight excluding hydrogens is 393 g/mol. The molecule has 156 valence electrons. The lowest BCUT2D eigenvalue weighted by Gasteiger charge is -2.19. The van der Waals surface area contributed by atoms with Gasteiger partial charge >= 0.3 is 0 Å². The third-order valence-electron chi connectivity index (χ3n) is 5.00. The average molecular weight is 413 g/mol. The van der Waals surface area contributed by atoms with Gasteiger partial charge in [-0.1, -0.05) is 5.16 Å². The van der Waals surface area contributed by atoms with Crippen molar-refractivity contribution >= 4 is 11.6 Å². The third-order valence-corrected chi connectivity index (χ3v) is 5.00. The molecular formula is C21H20FN3O5. The number of benzene rings is 2. The van der Waals surface area contributed by atoms with Crippen LogP contribution in [0.25, 0.3) is 11.4 Å². The van der Waals surface area contributed by atoms with Gasteiger partial charge in [-0.25, -0.2) is 4.39 Å². The van der Waals surface area contributed by atoms with Gasteiger partial charge in [-0.2, -0.15) is 4.98 Å². The summed E-state index contributed by atoms with van der Waals surface area (Å²) in [6.45, 7) is 0.361. The van der Waals surface area contributed by atoms with Gasteiger partial charge in [0.15, 0.2) is 11.6 Å². The molecule has 0 aliphatic carbocycles. The molecule has 1 atom stereocenters. The van der Waals surface area contributed by atoms with E-state index >= 15 is 0 Å². The number of rotatable bonds is 6. The fraction of sp³-hybridized carbons (Fsp3) is 0.286. The Morgan fingerprint density at radius 2 is 1.87 bits per heavy atom. The number of methoxy groups -OCH3 is 3. The highest BCUT2D eigenvalue weighted by atomic mass is 19.1. The molecule has 0 radical (unpaired) electrons. The number of halogens is 1. The zero-order valence-electron chi connectivity index (χ0n) is 16.7. The molecule has 2 aromatic carbocycles. The molecule has 1 aliphatic heterocycles. The topological polar surface area (TPSA) is 86.9 Å². The Labute approximate surface area is 172 Å². The maximum absolute atomic E-state index is 14.0. The van der Waals surface area contributed by atoms with E-state index in [-0.39, 0.29) is 29.8 Å². The SMILES string of the molecule is COc1ccc(N2CC(c3nc(-c4ccc(OC)c(F)c4)no3)CC2=O)c(OC)c1. The molecule has 0 spiro atoms. The molecule has 1 unspecified atom stereocenters. The van der Waals surface area contributed by atoms with E-state index in [1.807, 2.05) is 0 Å². The summed E-state index contributed by atoms with van der Waals surface area (Å²) < 4.78 is 34.9. The van der Waals surface area contributed by atoms with Crippen LogP contribution in [-0.4, -0.2) is 43.9 Å². The summed E-state index contributed by atoms with van der Waals surface area (Å²) in [7, 11) is 4.49. The summed E-state index contributed by atoms with van der Waals surface area (Å²) in [5.41, 5.74) is 1.10. The molecule has 30 heavy (non-hydrogen) atoms. The number of nitrogens with zero attached hydrogens (tertiary/aromatic N) is 3. The number of anilines is 1. The van der Waals surface area contributed by atoms with Gasteiger partial charge in [-0.05, 0) is 30.3 Å².